The lowest BCUT2D eigenvalue weighted by atomic mass is 10.1. The van der Waals surface area contributed by atoms with Gasteiger partial charge in [0.25, 0.3) is 5.91 Å². The van der Waals surface area contributed by atoms with Crippen LogP contribution in [0.15, 0.2) is 30.3 Å². The maximum atomic E-state index is 12.4. The van der Waals surface area contributed by atoms with Gasteiger partial charge in [0, 0.05) is 51.4 Å². The van der Waals surface area contributed by atoms with Gasteiger partial charge in [-0.2, -0.15) is 0 Å². The molecule has 1 aromatic carbocycles. The van der Waals surface area contributed by atoms with Crippen molar-refractivity contribution in [1.82, 2.24) is 14.7 Å². The summed E-state index contributed by atoms with van der Waals surface area (Å²) in [5.74, 6) is 0.106. The van der Waals surface area contributed by atoms with Gasteiger partial charge in [0.15, 0.2) is 0 Å². The SMILES string of the molecule is O=CC(CN1CCN(C(=O)c2ccccc2)CC1)N1CCC1. The second kappa shape index (κ2) is 7.03. The summed E-state index contributed by atoms with van der Waals surface area (Å²) < 4.78 is 0. The van der Waals surface area contributed by atoms with Crippen LogP contribution in [0.4, 0.5) is 0 Å². The van der Waals surface area contributed by atoms with Gasteiger partial charge < -0.3 is 9.69 Å². The first-order valence-corrected chi connectivity index (χ1v) is 8.04. The number of hydrogen-bond donors (Lipinski definition) is 0. The Bertz CT molecular complexity index is 508. The molecule has 0 N–H and O–H groups in total. The van der Waals surface area contributed by atoms with Crippen molar-refractivity contribution < 1.29 is 9.59 Å². The lowest BCUT2D eigenvalue weighted by Crippen LogP contribution is -2.55. The molecule has 2 fully saturated rings. The molecule has 1 atom stereocenters. The summed E-state index contributed by atoms with van der Waals surface area (Å²) in [5, 5.41) is 0. The van der Waals surface area contributed by atoms with Crippen LogP contribution in [-0.4, -0.2) is 78.7 Å². The fourth-order valence-corrected chi connectivity index (χ4v) is 3.08. The molecule has 0 radical (unpaired) electrons. The zero-order valence-electron chi connectivity index (χ0n) is 12.9. The van der Waals surface area contributed by atoms with Gasteiger partial charge in [-0.1, -0.05) is 18.2 Å². The van der Waals surface area contributed by atoms with E-state index in [1.807, 2.05) is 35.2 Å². The number of rotatable bonds is 5. The van der Waals surface area contributed by atoms with E-state index in [9.17, 15) is 9.59 Å². The molecule has 1 amide bonds. The summed E-state index contributed by atoms with van der Waals surface area (Å²) in [6, 6.07) is 9.45. The molecule has 2 saturated heterocycles. The molecule has 0 aromatic heterocycles. The van der Waals surface area contributed by atoms with Crippen molar-refractivity contribution >= 4 is 12.2 Å². The van der Waals surface area contributed by atoms with E-state index in [4.69, 9.17) is 0 Å². The van der Waals surface area contributed by atoms with Crippen LogP contribution in [0.1, 0.15) is 16.8 Å². The summed E-state index contributed by atoms with van der Waals surface area (Å²) in [4.78, 5) is 30.1. The smallest absolute Gasteiger partial charge is 0.253 e. The van der Waals surface area contributed by atoms with E-state index in [1.165, 1.54) is 6.42 Å². The van der Waals surface area contributed by atoms with Crippen molar-refractivity contribution in [3.63, 3.8) is 0 Å². The first-order valence-electron chi connectivity index (χ1n) is 8.04. The highest BCUT2D eigenvalue weighted by Gasteiger charge is 2.28. The molecule has 118 valence electrons. The van der Waals surface area contributed by atoms with Crippen molar-refractivity contribution in [2.24, 2.45) is 0 Å². The quantitative estimate of drug-likeness (QED) is 0.752. The molecular weight excluding hydrogens is 278 g/mol. The van der Waals surface area contributed by atoms with E-state index in [2.05, 4.69) is 9.80 Å². The van der Waals surface area contributed by atoms with E-state index >= 15 is 0 Å². The number of nitrogens with zero attached hydrogens (tertiary/aromatic N) is 3. The summed E-state index contributed by atoms with van der Waals surface area (Å²) >= 11 is 0. The number of carbonyl (C=O) groups is 2. The minimum Gasteiger partial charge on any atom is -0.336 e. The molecule has 1 unspecified atom stereocenters. The average molecular weight is 301 g/mol. The zero-order chi connectivity index (χ0) is 15.4. The van der Waals surface area contributed by atoms with Crippen molar-refractivity contribution in [1.29, 1.82) is 0 Å². The van der Waals surface area contributed by atoms with Gasteiger partial charge in [0.1, 0.15) is 6.29 Å². The maximum absolute atomic E-state index is 12.4. The molecule has 3 rings (SSSR count). The second-order valence-corrected chi connectivity index (χ2v) is 6.05. The molecule has 5 nitrogen and oxygen atoms in total. The van der Waals surface area contributed by atoms with Gasteiger partial charge >= 0.3 is 0 Å². The van der Waals surface area contributed by atoms with Crippen LogP contribution in [0.2, 0.25) is 0 Å². The topological polar surface area (TPSA) is 43.9 Å². The monoisotopic (exact) mass is 301 g/mol. The van der Waals surface area contributed by atoms with Crippen molar-refractivity contribution in [2.75, 3.05) is 45.8 Å². The lowest BCUT2D eigenvalue weighted by molar-refractivity contribution is -0.114. The molecule has 2 aliphatic heterocycles. The molecule has 0 spiro atoms. The largest absolute Gasteiger partial charge is 0.336 e. The van der Waals surface area contributed by atoms with E-state index in [-0.39, 0.29) is 11.9 Å². The van der Waals surface area contributed by atoms with Crippen LogP contribution in [0.3, 0.4) is 0 Å². The lowest BCUT2D eigenvalue weighted by Gasteiger charge is -2.40. The Hall–Kier alpha value is -1.72. The van der Waals surface area contributed by atoms with Gasteiger partial charge in [-0.15, -0.1) is 0 Å². The van der Waals surface area contributed by atoms with E-state index in [0.717, 1.165) is 57.7 Å². The molecule has 5 heteroatoms. The summed E-state index contributed by atoms with van der Waals surface area (Å²) in [5.41, 5.74) is 0.752. The Kier molecular flexibility index (Phi) is 4.85. The van der Waals surface area contributed by atoms with E-state index in [1.54, 1.807) is 0 Å². The third kappa shape index (κ3) is 3.36. The molecule has 22 heavy (non-hydrogen) atoms. The minimum absolute atomic E-state index is 0.0186. The average Bonchev–Trinajstić information content (AvgIpc) is 2.53. The van der Waals surface area contributed by atoms with Gasteiger partial charge in [-0.3, -0.25) is 14.6 Å². The van der Waals surface area contributed by atoms with Gasteiger partial charge in [0.05, 0.1) is 6.04 Å². The fourth-order valence-electron chi connectivity index (χ4n) is 3.08. The molecule has 0 bridgehead atoms. The van der Waals surface area contributed by atoms with Crippen molar-refractivity contribution in [3.8, 4) is 0 Å². The Morgan fingerprint density at radius 2 is 1.73 bits per heavy atom. The van der Waals surface area contributed by atoms with Crippen LogP contribution in [0, 0.1) is 0 Å². The number of carbonyl (C=O) groups excluding carboxylic acids is 2. The molecular formula is C17H23N3O2. The van der Waals surface area contributed by atoms with E-state index < -0.39 is 0 Å². The first-order chi connectivity index (χ1) is 10.8. The molecule has 2 heterocycles. The highest BCUT2D eigenvalue weighted by molar-refractivity contribution is 5.94. The second-order valence-electron chi connectivity index (χ2n) is 6.05. The molecule has 1 aromatic rings. The number of likely N-dealkylation sites (tertiary alicyclic amines) is 1. The van der Waals surface area contributed by atoms with Crippen LogP contribution < -0.4 is 0 Å². The first kappa shape index (κ1) is 15.2. The summed E-state index contributed by atoms with van der Waals surface area (Å²) in [6.45, 7) is 6.02. The normalized spacial score (nSPS) is 21.2. The predicted octanol–water partition coefficient (Wildman–Crippen LogP) is 0.718. The van der Waals surface area contributed by atoms with Gasteiger partial charge in [-0.25, -0.2) is 0 Å². The highest BCUT2D eigenvalue weighted by atomic mass is 16.2. The van der Waals surface area contributed by atoms with Crippen LogP contribution in [0.5, 0.6) is 0 Å². The molecule has 0 saturated carbocycles. The summed E-state index contributed by atoms with van der Waals surface area (Å²) in [7, 11) is 0. The van der Waals surface area contributed by atoms with Crippen molar-refractivity contribution in [3.05, 3.63) is 35.9 Å². The highest BCUT2D eigenvalue weighted by Crippen LogP contribution is 2.13. The van der Waals surface area contributed by atoms with Crippen LogP contribution in [-0.2, 0) is 4.79 Å². The third-order valence-corrected chi connectivity index (χ3v) is 4.64. The number of piperazine rings is 1. The fraction of sp³-hybridized carbons (Fsp3) is 0.529. The zero-order valence-corrected chi connectivity index (χ0v) is 12.9. The van der Waals surface area contributed by atoms with Crippen LogP contribution in [0.25, 0.3) is 0 Å². The number of amides is 1. The number of hydrogen-bond acceptors (Lipinski definition) is 4. The van der Waals surface area contributed by atoms with E-state index in [0.29, 0.717) is 0 Å². The molecule has 0 aliphatic carbocycles. The van der Waals surface area contributed by atoms with Crippen molar-refractivity contribution in [2.45, 2.75) is 12.5 Å². The standard InChI is InChI=1S/C17H23N3O2/c21-14-16(19-7-4-8-19)13-18-9-11-20(12-10-18)17(22)15-5-2-1-3-6-15/h1-3,5-6,14,16H,4,7-13H2. The Morgan fingerprint density at radius 1 is 1.05 bits per heavy atom. The van der Waals surface area contributed by atoms with Gasteiger partial charge in [-0.05, 0) is 18.6 Å². The Morgan fingerprint density at radius 3 is 2.27 bits per heavy atom. The van der Waals surface area contributed by atoms with Gasteiger partial charge in [0.2, 0.25) is 0 Å². The third-order valence-electron chi connectivity index (χ3n) is 4.64. The molecule has 2 aliphatic rings. The summed E-state index contributed by atoms with van der Waals surface area (Å²) in [6.07, 6.45) is 2.27. The minimum atomic E-state index is 0.0186. The number of aldehydes is 1. The Labute approximate surface area is 131 Å². The maximum Gasteiger partial charge on any atom is 0.253 e. The van der Waals surface area contributed by atoms with Crippen LogP contribution >= 0.6 is 0 Å². The number of benzene rings is 1. The Balaban J connectivity index is 1.49. The predicted molar refractivity (Wildman–Crippen MR) is 84.8 cm³/mol.